The lowest BCUT2D eigenvalue weighted by Crippen LogP contribution is -2.09. The zero-order valence-electron chi connectivity index (χ0n) is 7.44. The number of thiazole rings is 1. The van der Waals surface area contributed by atoms with E-state index in [2.05, 4.69) is 4.98 Å². The number of hydrogen-bond donors (Lipinski definition) is 1. The highest BCUT2D eigenvalue weighted by Gasteiger charge is 2.11. The van der Waals surface area contributed by atoms with E-state index in [9.17, 15) is 5.11 Å². The average Bonchev–Trinajstić information content (AvgIpc) is 2.57. The summed E-state index contributed by atoms with van der Waals surface area (Å²) in [6.07, 6.45) is 7.68. The molecule has 2 nitrogen and oxygen atoms in total. The molecule has 0 saturated heterocycles. The van der Waals surface area contributed by atoms with E-state index in [0.29, 0.717) is 0 Å². The molecule has 1 heterocycles. The summed E-state index contributed by atoms with van der Waals surface area (Å²) in [5, 5.41) is 12.6. The van der Waals surface area contributed by atoms with Gasteiger partial charge >= 0.3 is 0 Å². The van der Waals surface area contributed by atoms with Crippen LogP contribution in [0.3, 0.4) is 0 Å². The average molecular weight is 195 g/mol. The van der Waals surface area contributed by atoms with Gasteiger partial charge in [-0.15, -0.1) is 11.3 Å². The molecule has 1 unspecified atom stereocenters. The Morgan fingerprint density at radius 3 is 3.23 bits per heavy atom. The third-order valence-corrected chi connectivity index (χ3v) is 3.07. The number of nitrogens with zero attached hydrogens (tertiary/aromatic N) is 1. The molecule has 13 heavy (non-hydrogen) atoms. The maximum absolute atomic E-state index is 9.41. The lowest BCUT2D eigenvalue weighted by molar-refractivity contribution is 0.202. The monoisotopic (exact) mass is 195 g/mol. The van der Waals surface area contributed by atoms with Gasteiger partial charge in [0.1, 0.15) is 0 Å². The Labute approximate surface area is 81.9 Å². The molecule has 2 rings (SSSR count). The maximum atomic E-state index is 9.41. The number of hydrogen-bond acceptors (Lipinski definition) is 3. The molecule has 0 aliphatic heterocycles. The molecule has 3 heteroatoms. The van der Waals surface area contributed by atoms with Crippen LogP contribution in [0.2, 0.25) is 0 Å². The molecule has 1 N–H and O–H groups in total. The van der Waals surface area contributed by atoms with Gasteiger partial charge in [-0.25, -0.2) is 4.98 Å². The minimum absolute atomic E-state index is 0.219. The lowest BCUT2D eigenvalue weighted by atomic mass is 9.96. The van der Waals surface area contributed by atoms with Crippen LogP contribution in [0.15, 0.2) is 23.2 Å². The number of aliphatic hydroxyl groups excluding tert-OH is 1. The molecule has 0 saturated carbocycles. The van der Waals surface area contributed by atoms with E-state index in [1.807, 2.05) is 17.7 Å². The van der Waals surface area contributed by atoms with Crippen LogP contribution < -0.4 is 0 Å². The molecule has 0 aromatic carbocycles. The van der Waals surface area contributed by atoms with Crippen molar-refractivity contribution in [3.05, 3.63) is 28.2 Å². The minimum Gasteiger partial charge on any atom is -0.389 e. The lowest BCUT2D eigenvalue weighted by Gasteiger charge is -2.15. The van der Waals surface area contributed by atoms with Crippen molar-refractivity contribution >= 4 is 11.3 Å². The summed E-state index contributed by atoms with van der Waals surface area (Å²) >= 11 is 1.68. The molecule has 1 aliphatic carbocycles. The normalized spacial score (nSPS) is 22.8. The first kappa shape index (κ1) is 8.91. The second kappa shape index (κ2) is 4.03. The fraction of sp³-hybridized carbons (Fsp3) is 0.500. The zero-order valence-corrected chi connectivity index (χ0v) is 8.26. The predicted octanol–water partition coefficient (Wildman–Crippen LogP) is 2.16. The first-order valence-corrected chi connectivity index (χ1v) is 5.48. The van der Waals surface area contributed by atoms with Crippen molar-refractivity contribution in [3.8, 4) is 0 Å². The molecule has 1 aromatic heterocycles. The van der Waals surface area contributed by atoms with E-state index in [-0.39, 0.29) is 6.10 Å². The van der Waals surface area contributed by atoms with Gasteiger partial charge in [0.2, 0.25) is 0 Å². The molecule has 70 valence electrons. The van der Waals surface area contributed by atoms with E-state index in [4.69, 9.17) is 0 Å². The van der Waals surface area contributed by atoms with Crippen LogP contribution in [0.4, 0.5) is 0 Å². The predicted molar refractivity (Wildman–Crippen MR) is 53.8 cm³/mol. The Hall–Kier alpha value is -0.670. The third-order valence-electron chi connectivity index (χ3n) is 2.29. The Balaban J connectivity index is 2.02. The highest BCUT2D eigenvalue weighted by molar-refractivity contribution is 7.09. The van der Waals surface area contributed by atoms with Crippen LogP contribution in [0.5, 0.6) is 0 Å². The number of rotatable bonds is 2. The van der Waals surface area contributed by atoms with E-state index >= 15 is 0 Å². The van der Waals surface area contributed by atoms with Gasteiger partial charge in [0.05, 0.1) is 11.1 Å². The quantitative estimate of drug-likeness (QED) is 0.733. The van der Waals surface area contributed by atoms with E-state index in [1.165, 1.54) is 5.57 Å². The molecule has 0 amide bonds. The third kappa shape index (κ3) is 2.39. The van der Waals surface area contributed by atoms with Crippen LogP contribution in [0.1, 0.15) is 24.3 Å². The highest BCUT2D eigenvalue weighted by Crippen LogP contribution is 2.22. The summed E-state index contributed by atoms with van der Waals surface area (Å²) in [5.74, 6) is 0. The number of aromatic nitrogens is 1. The van der Waals surface area contributed by atoms with Crippen LogP contribution in [-0.2, 0) is 6.42 Å². The van der Waals surface area contributed by atoms with Crippen LogP contribution in [0, 0.1) is 0 Å². The van der Waals surface area contributed by atoms with Crippen molar-refractivity contribution in [1.29, 1.82) is 0 Å². The van der Waals surface area contributed by atoms with Gasteiger partial charge in [-0.05, 0) is 19.3 Å². The summed E-state index contributed by atoms with van der Waals surface area (Å²) in [5.41, 5.74) is 1.34. The molecule has 0 bridgehead atoms. The van der Waals surface area contributed by atoms with E-state index in [1.54, 1.807) is 11.3 Å². The molecule has 0 fully saturated rings. The van der Waals surface area contributed by atoms with Gasteiger partial charge in [0.25, 0.3) is 0 Å². The Bertz CT molecular complexity index is 292. The molecule has 1 atom stereocenters. The van der Waals surface area contributed by atoms with Crippen LogP contribution in [-0.4, -0.2) is 16.2 Å². The minimum atomic E-state index is -0.219. The molecule has 1 aliphatic rings. The number of allylic oxidation sites excluding steroid dienone is 1. The van der Waals surface area contributed by atoms with Crippen molar-refractivity contribution < 1.29 is 5.11 Å². The van der Waals surface area contributed by atoms with Crippen molar-refractivity contribution in [2.75, 3.05) is 0 Å². The fourth-order valence-corrected chi connectivity index (χ4v) is 2.33. The Morgan fingerprint density at radius 1 is 1.62 bits per heavy atom. The first-order valence-electron chi connectivity index (χ1n) is 4.60. The molecular formula is C10H13NOS. The van der Waals surface area contributed by atoms with E-state index < -0.39 is 0 Å². The molecule has 1 aromatic rings. The van der Waals surface area contributed by atoms with Crippen LogP contribution in [0.25, 0.3) is 0 Å². The second-order valence-electron chi connectivity index (χ2n) is 3.39. The maximum Gasteiger partial charge on any atom is 0.0965 e. The van der Waals surface area contributed by atoms with Gasteiger partial charge < -0.3 is 5.11 Å². The SMILES string of the molecule is OC1C=C(Cc2nccs2)CCC1. The van der Waals surface area contributed by atoms with Crippen LogP contribution >= 0.6 is 11.3 Å². The van der Waals surface area contributed by atoms with Crippen molar-refractivity contribution in [2.45, 2.75) is 31.8 Å². The van der Waals surface area contributed by atoms with Crippen molar-refractivity contribution in [2.24, 2.45) is 0 Å². The number of aliphatic hydroxyl groups is 1. The standard InChI is InChI=1S/C10H13NOS/c12-9-3-1-2-8(6-9)7-10-11-4-5-13-10/h4-6,9,12H,1-3,7H2. The van der Waals surface area contributed by atoms with Crippen molar-refractivity contribution in [3.63, 3.8) is 0 Å². The second-order valence-corrected chi connectivity index (χ2v) is 4.37. The Kier molecular flexibility index (Phi) is 2.76. The van der Waals surface area contributed by atoms with E-state index in [0.717, 1.165) is 30.7 Å². The largest absolute Gasteiger partial charge is 0.389 e. The van der Waals surface area contributed by atoms with Gasteiger partial charge in [0.15, 0.2) is 0 Å². The smallest absolute Gasteiger partial charge is 0.0965 e. The molecule has 0 spiro atoms. The van der Waals surface area contributed by atoms with Crippen molar-refractivity contribution in [1.82, 2.24) is 4.98 Å². The Morgan fingerprint density at radius 2 is 2.54 bits per heavy atom. The highest BCUT2D eigenvalue weighted by atomic mass is 32.1. The van der Waals surface area contributed by atoms with Gasteiger partial charge in [-0.2, -0.15) is 0 Å². The fourth-order valence-electron chi connectivity index (χ4n) is 1.66. The summed E-state index contributed by atoms with van der Waals surface area (Å²) in [7, 11) is 0. The van der Waals surface area contributed by atoms with Gasteiger partial charge in [-0.1, -0.05) is 11.6 Å². The summed E-state index contributed by atoms with van der Waals surface area (Å²) in [4.78, 5) is 4.23. The first-order chi connectivity index (χ1) is 6.34. The summed E-state index contributed by atoms with van der Waals surface area (Å²) in [6, 6.07) is 0. The topological polar surface area (TPSA) is 33.1 Å². The molecular weight excluding hydrogens is 182 g/mol. The van der Waals surface area contributed by atoms with Gasteiger partial charge in [0, 0.05) is 18.0 Å². The molecule has 0 radical (unpaired) electrons. The summed E-state index contributed by atoms with van der Waals surface area (Å²) < 4.78 is 0. The zero-order chi connectivity index (χ0) is 9.10. The summed E-state index contributed by atoms with van der Waals surface area (Å²) in [6.45, 7) is 0. The van der Waals surface area contributed by atoms with Gasteiger partial charge in [-0.3, -0.25) is 0 Å².